The van der Waals surface area contributed by atoms with Crippen molar-refractivity contribution in [1.82, 2.24) is 10.2 Å². The molecule has 0 atom stereocenters. The SMILES string of the molecule is O=C(/C=C/c1ccccc1)NC(=S)N(CCO)Cc1ccccc1. The predicted octanol–water partition coefficient (Wildman–Crippen LogP) is 2.60. The van der Waals surface area contributed by atoms with Crippen molar-refractivity contribution < 1.29 is 9.90 Å². The van der Waals surface area contributed by atoms with Crippen LogP contribution in [0.2, 0.25) is 0 Å². The molecule has 4 nitrogen and oxygen atoms in total. The van der Waals surface area contributed by atoms with Crippen molar-refractivity contribution in [3.05, 3.63) is 77.9 Å². The van der Waals surface area contributed by atoms with Crippen LogP contribution in [-0.2, 0) is 11.3 Å². The van der Waals surface area contributed by atoms with Crippen molar-refractivity contribution in [2.75, 3.05) is 13.2 Å². The van der Waals surface area contributed by atoms with E-state index in [9.17, 15) is 9.90 Å². The van der Waals surface area contributed by atoms with Crippen LogP contribution in [0.1, 0.15) is 11.1 Å². The van der Waals surface area contributed by atoms with E-state index in [0.717, 1.165) is 11.1 Å². The van der Waals surface area contributed by atoms with Gasteiger partial charge in [-0.15, -0.1) is 0 Å². The summed E-state index contributed by atoms with van der Waals surface area (Å²) in [6.07, 6.45) is 3.17. The van der Waals surface area contributed by atoms with Crippen LogP contribution in [0.5, 0.6) is 0 Å². The lowest BCUT2D eigenvalue weighted by Gasteiger charge is -2.24. The molecule has 0 aliphatic heterocycles. The van der Waals surface area contributed by atoms with Crippen LogP contribution in [0, 0.1) is 0 Å². The fraction of sp³-hybridized carbons (Fsp3) is 0.158. The van der Waals surface area contributed by atoms with Gasteiger partial charge >= 0.3 is 0 Å². The summed E-state index contributed by atoms with van der Waals surface area (Å²) < 4.78 is 0. The average Bonchev–Trinajstić information content (AvgIpc) is 2.61. The Morgan fingerprint density at radius 1 is 1.08 bits per heavy atom. The van der Waals surface area contributed by atoms with Crippen molar-refractivity contribution >= 4 is 29.3 Å². The largest absolute Gasteiger partial charge is 0.395 e. The second-order valence-corrected chi connectivity index (χ2v) is 5.56. The van der Waals surface area contributed by atoms with Crippen molar-refractivity contribution in [3.8, 4) is 0 Å². The van der Waals surface area contributed by atoms with E-state index in [0.29, 0.717) is 18.2 Å². The van der Waals surface area contributed by atoms with Gasteiger partial charge in [-0.05, 0) is 29.4 Å². The highest BCUT2D eigenvalue weighted by Gasteiger charge is 2.11. The zero-order chi connectivity index (χ0) is 17.2. The maximum absolute atomic E-state index is 12.0. The Balaban J connectivity index is 1.94. The highest BCUT2D eigenvalue weighted by molar-refractivity contribution is 7.80. The number of nitrogens with one attached hydrogen (secondary N) is 1. The van der Waals surface area contributed by atoms with Crippen LogP contribution >= 0.6 is 12.2 Å². The molecule has 0 radical (unpaired) electrons. The number of hydrogen-bond donors (Lipinski definition) is 2. The van der Waals surface area contributed by atoms with E-state index in [4.69, 9.17) is 12.2 Å². The Kier molecular flexibility index (Phi) is 7.14. The van der Waals surface area contributed by atoms with Crippen LogP contribution in [0.4, 0.5) is 0 Å². The van der Waals surface area contributed by atoms with E-state index in [1.54, 1.807) is 11.0 Å². The number of benzene rings is 2. The second-order valence-electron chi connectivity index (χ2n) is 5.17. The standard InChI is InChI=1S/C19H20N2O2S/c22-14-13-21(15-17-9-5-2-6-10-17)19(24)20-18(23)12-11-16-7-3-1-4-8-16/h1-12,22H,13-15H2,(H,20,23,24)/b12-11+. The van der Waals surface area contributed by atoms with Crippen LogP contribution in [0.15, 0.2) is 66.7 Å². The van der Waals surface area contributed by atoms with Crippen LogP contribution in [0.3, 0.4) is 0 Å². The number of hydrogen-bond acceptors (Lipinski definition) is 3. The van der Waals surface area contributed by atoms with E-state index in [1.807, 2.05) is 60.7 Å². The van der Waals surface area contributed by atoms with E-state index < -0.39 is 0 Å². The van der Waals surface area contributed by atoms with Gasteiger partial charge in [-0.25, -0.2) is 0 Å². The number of nitrogens with zero attached hydrogens (tertiary/aromatic N) is 1. The highest BCUT2D eigenvalue weighted by Crippen LogP contribution is 2.05. The summed E-state index contributed by atoms with van der Waals surface area (Å²) in [7, 11) is 0. The summed E-state index contributed by atoms with van der Waals surface area (Å²) >= 11 is 5.30. The monoisotopic (exact) mass is 340 g/mol. The third-order valence-corrected chi connectivity index (χ3v) is 3.69. The van der Waals surface area contributed by atoms with Crippen molar-refractivity contribution in [2.45, 2.75) is 6.54 Å². The molecule has 2 rings (SSSR count). The van der Waals surface area contributed by atoms with Crippen molar-refractivity contribution in [3.63, 3.8) is 0 Å². The lowest BCUT2D eigenvalue weighted by Crippen LogP contribution is -2.43. The minimum absolute atomic E-state index is 0.0390. The molecular formula is C19H20N2O2S. The summed E-state index contributed by atoms with van der Waals surface area (Å²) in [5.41, 5.74) is 2.00. The summed E-state index contributed by atoms with van der Waals surface area (Å²) in [5.74, 6) is -0.292. The third kappa shape index (κ3) is 5.95. The normalized spacial score (nSPS) is 10.5. The molecule has 2 N–H and O–H groups in total. The number of amides is 1. The zero-order valence-electron chi connectivity index (χ0n) is 13.3. The van der Waals surface area contributed by atoms with Gasteiger partial charge in [-0.2, -0.15) is 0 Å². The third-order valence-electron chi connectivity index (χ3n) is 3.33. The summed E-state index contributed by atoms with van der Waals surface area (Å²) in [6, 6.07) is 19.3. The summed E-state index contributed by atoms with van der Waals surface area (Å²) in [5, 5.41) is 12.2. The Bertz CT molecular complexity index is 687. The van der Waals surface area contributed by atoms with Gasteiger partial charge in [-0.3, -0.25) is 10.1 Å². The smallest absolute Gasteiger partial charge is 0.250 e. The first kappa shape index (κ1) is 17.8. The molecule has 0 aromatic heterocycles. The Morgan fingerprint density at radius 2 is 1.71 bits per heavy atom. The van der Waals surface area contributed by atoms with E-state index >= 15 is 0 Å². The van der Waals surface area contributed by atoms with Gasteiger partial charge < -0.3 is 10.0 Å². The maximum atomic E-state index is 12.0. The highest BCUT2D eigenvalue weighted by atomic mass is 32.1. The molecule has 0 aliphatic carbocycles. The molecule has 0 heterocycles. The molecule has 5 heteroatoms. The molecule has 0 bridgehead atoms. The van der Waals surface area contributed by atoms with Gasteiger partial charge in [-0.1, -0.05) is 60.7 Å². The molecule has 2 aromatic rings. The summed E-state index contributed by atoms with van der Waals surface area (Å²) in [6.45, 7) is 0.849. The van der Waals surface area contributed by atoms with Gasteiger partial charge in [0.1, 0.15) is 0 Å². The molecule has 2 aromatic carbocycles. The van der Waals surface area contributed by atoms with Crippen molar-refractivity contribution in [2.24, 2.45) is 0 Å². The number of carbonyl (C=O) groups excluding carboxylic acids is 1. The fourth-order valence-corrected chi connectivity index (χ4v) is 2.40. The zero-order valence-corrected chi connectivity index (χ0v) is 14.1. The van der Waals surface area contributed by atoms with Gasteiger partial charge in [0.25, 0.3) is 0 Å². The molecule has 0 spiro atoms. The lowest BCUT2D eigenvalue weighted by atomic mass is 10.2. The quantitative estimate of drug-likeness (QED) is 0.627. The predicted molar refractivity (Wildman–Crippen MR) is 100 cm³/mol. The van der Waals surface area contributed by atoms with E-state index in [-0.39, 0.29) is 12.5 Å². The number of thiocarbonyl (C=S) groups is 1. The maximum Gasteiger partial charge on any atom is 0.250 e. The first-order valence-electron chi connectivity index (χ1n) is 7.67. The first-order chi connectivity index (χ1) is 11.7. The second kappa shape index (κ2) is 9.60. The number of aliphatic hydroxyl groups is 1. The number of carbonyl (C=O) groups is 1. The fourth-order valence-electron chi connectivity index (χ4n) is 2.14. The molecule has 0 unspecified atom stereocenters. The molecule has 124 valence electrons. The minimum atomic E-state index is -0.292. The first-order valence-corrected chi connectivity index (χ1v) is 8.07. The molecule has 1 amide bonds. The van der Waals surface area contributed by atoms with Gasteiger partial charge in [0.05, 0.1) is 6.61 Å². The van der Waals surface area contributed by atoms with E-state index in [2.05, 4.69) is 5.32 Å². The molecule has 0 saturated heterocycles. The Labute approximate surface area is 147 Å². The average molecular weight is 340 g/mol. The van der Waals surface area contributed by atoms with Gasteiger partial charge in [0, 0.05) is 19.2 Å². The number of aliphatic hydroxyl groups excluding tert-OH is 1. The van der Waals surface area contributed by atoms with Crippen LogP contribution in [-0.4, -0.2) is 34.2 Å². The van der Waals surface area contributed by atoms with E-state index in [1.165, 1.54) is 6.08 Å². The number of rotatable bonds is 6. The minimum Gasteiger partial charge on any atom is -0.395 e. The summed E-state index contributed by atoms with van der Waals surface area (Å²) in [4.78, 5) is 13.8. The molecule has 0 aliphatic rings. The molecule has 24 heavy (non-hydrogen) atoms. The van der Waals surface area contributed by atoms with Crippen LogP contribution in [0.25, 0.3) is 6.08 Å². The molecular weight excluding hydrogens is 320 g/mol. The Hall–Kier alpha value is -2.50. The van der Waals surface area contributed by atoms with Crippen LogP contribution < -0.4 is 5.32 Å². The lowest BCUT2D eigenvalue weighted by molar-refractivity contribution is -0.115. The topological polar surface area (TPSA) is 52.6 Å². The Morgan fingerprint density at radius 3 is 2.33 bits per heavy atom. The van der Waals surface area contributed by atoms with Gasteiger partial charge in [0.2, 0.25) is 5.91 Å². The van der Waals surface area contributed by atoms with Crippen molar-refractivity contribution in [1.29, 1.82) is 0 Å². The molecule has 0 saturated carbocycles. The van der Waals surface area contributed by atoms with Gasteiger partial charge in [0.15, 0.2) is 5.11 Å². The molecule has 0 fully saturated rings.